The molecule has 0 aliphatic heterocycles. The Balaban J connectivity index is 1.59. The lowest BCUT2D eigenvalue weighted by Crippen LogP contribution is -2.24. The van der Waals surface area contributed by atoms with Crippen LogP contribution in [0.25, 0.3) is 0 Å². The summed E-state index contributed by atoms with van der Waals surface area (Å²) in [5.41, 5.74) is 3.20. The largest absolute Gasteiger partial charge is 0.493 e. The normalized spacial score (nSPS) is 10.5. The number of ether oxygens (including phenoxy) is 6. The summed E-state index contributed by atoms with van der Waals surface area (Å²) < 4.78 is 32.3. The number of hydrogen-bond acceptors (Lipinski definition) is 9. The summed E-state index contributed by atoms with van der Waals surface area (Å²) in [5, 5.41) is 3.93. The number of benzene rings is 3. The molecule has 0 atom stereocenters. The van der Waals surface area contributed by atoms with Gasteiger partial charge in [0.25, 0.3) is 5.91 Å². The fourth-order valence-corrected chi connectivity index (χ4v) is 3.22. The van der Waals surface area contributed by atoms with Crippen molar-refractivity contribution < 1.29 is 38.0 Å². The van der Waals surface area contributed by atoms with E-state index in [1.165, 1.54) is 39.7 Å². The van der Waals surface area contributed by atoms with Gasteiger partial charge in [0.05, 0.1) is 39.7 Å². The zero-order valence-corrected chi connectivity index (χ0v) is 21.0. The average Bonchev–Trinajstić information content (AvgIpc) is 2.92. The molecule has 0 spiro atoms. The van der Waals surface area contributed by atoms with Crippen LogP contribution in [0.3, 0.4) is 0 Å². The third kappa shape index (κ3) is 7.38. The van der Waals surface area contributed by atoms with E-state index in [9.17, 15) is 9.59 Å². The van der Waals surface area contributed by atoms with E-state index in [4.69, 9.17) is 28.4 Å². The number of carbonyl (C=O) groups excluding carboxylic acids is 2. The summed E-state index contributed by atoms with van der Waals surface area (Å²) in [6, 6.07) is 16.7. The van der Waals surface area contributed by atoms with Gasteiger partial charge in [-0.25, -0.2) is 10.2 Å². The first-order valence-corrected chi connectivity index (χ1v) is 11.3. The molecular formula is C27H28N2O8. The molecule has 0 fully saturated rings. The van der Waals surface area contributed by atoms with Gasteiger partial charge in [0.2, 0.25) is 5.75 Å². The Morgan fingerprint density at radius 1 is 0.838 bits per heavy atom. The third-order valence-electron chi connectivity index (χ3n) is 4.88. The summed E-state index contributed by atoms with van der Waals surface area (Å²) in [5.74, 6) is 1.25. The van der Waals surface area contributed by atoms with Crippen molar-refractivity contribution in [3.63, 3.8) is 0 Å². The minimum absolute atomic E-state index is 0.215. The molecule has 0 aliphatic carbocycles. The average molecular weight is 509 g/mol. The molecule has 10 nitrogen and oxygen atoms in total. The highest BCUT2D eigenvalue weighted by Crippen LogP contribution is 2.38. The first kappa shape index (κ1) is 26.9. The Hall–Kier alpha value is -4.73. The summed E-state index contributed by atoms with van der Waals surface area (Å²) in [4.78, 5) is 24.8. The lowest BCUT2D eigenvalue weighted by Gasteiger charge is -2.13. The smallest absolute Gasteiger partial charge is 0.343 e. The standard InChI is InChI=1S/C27H28N2O8/c1-5-35-21-11-6-7-12-22(21)36-17-25(30)29-28-16-18-9-8-10-20(13-18)37-27(31)19-14-23(32-2)26(34-4)24(15-19)33-3/h6-16H,5,17H2,1-4H3,(H,29,30)/b28-16+. The second kappa shape index (κ2) is 13.4. The topological polar surface area (TPSA) is 114 Å². The molecular weight excluding hydrogens is 480 g/mol. The highest BCUT2D eigenvalue weighted by atomic mass is 16.5. The number of nitrogens with zero attached hydrogens (tertiary/aromatic N) is 1. The molecule has 0 aliphatic rings. The van der Waals surface area contributed by atoms with Gasteiger partial charge in [-0.2, -0.15) is 5.10 Å². The first-order valence-electron chi connectivity index (χ1n) is 11.3. The van der Waals surface area contributed by atoms with Gasteiger partial charge in [0.15, 0.2) is 29.6 Å². The van der Waals surface area contributed by atoms with E-state index in [0.717, 1.165) is 0 Å². The molecule has 3 rings (SSSR count). The summed E-state index contributed by atoms with van der Waals surface area (Å²) in [7, 11) is 4.39. The van der Waals surface area contributed by atoms with Crippen LogP contribution in [-0.2, 0) is 4.79 Å². The predicted octanol–water partition coefficient (Wildman–Crippen LogP) is 3.86. The number of carbonyl (C=O) groups is 2. The van der Waals surface area contributed by atoms with Crippen LogP contribution in [0.15, 0.2) is 65.8 Å². The molecule has 194 valence electrons. The number of hydrazone groups is 1. The van der Waals surface area contributed by atoms with Crippen molar-refractivity contribution in [2.45, 2.75) is 6.92 Å². The number of para-hydroxylation sites is 2. The number of nitrogens with one attached hydrogen (secondary N) is 1. The molecule has 10 heteroatoms. The third-order valence-corrected chi connectivity index (χ3v) is 4.88. The maximum Gasteiger partial charge on any atom is 0.343 e. The second-order valence-electron chi connectivity index (χ2n) is 7.34. The van der Waals surface area contributed by atoms with E-state index >= 15 is 0 Å². The van der Waals surface area contributed by atoms with Crippen molar-refractivity contribution in [2.75, 3.05) is 34.5 Å². The van der Waals surface area contributed by atoms with Gasteiger partial charge in [-0.05, 0) is 48.9 Å². The van der Waals surface area contributed by atoms with Crippen molar-refractivity contribution in [2.24, 2.45) is 5.10 Å². The van der Waals surface area contributed by atoms with Crippen molar-refractivity contribution >= 4 is 18.1 Å². The van der Waals surface area contributed by atoms with E-state index in [2.05, 4.69) is 10.5 Å². The van der Waals surface area contributed by atoms with E-state index in [1.54, 1.807) is 42.5 Å². The van der Waals surface area contributed by atoms with Crippen molar-refractivity contribution in [1.82, 2.24) is 5.43 Å². The van der Waals surface area contributed by atoms with Gasteiger partial charge in [-0.15, -0.1) is 0 Å². The zero-order chi connectivity index (χ0) is 26.6. The fourth-order valence-electron chi connectivity index (χ4n) is 3.22. The molecule has 0 bridgehead atoms. The van der Waals surface area contributed by atoms with Gasteiger partial charge < -0.3 is 28.4 Å². The minimum atomic E-state index is -0.619. The molecule has 3 aromatic rings. The molecule has 0 aromatic heterocycles. The zero-order valence-electron chi connectivity index (χ0n) is 21.0. The Labute approximate surface area is 214 Å². The highest BCUT2D eigenvalue weighted by molar-refractivity contribution is 5.93. The number of rotatable bonds is 12. The lowest BCUT2D eigenvalue weighted by atomic mass is 10.1. The molecule has 0 radical (unpaired) electrons. The number of hydrogen-bond donors (Lipinski definition) is 1. The molecule has 37 heavy (non-hydrogen) atoms. The van der Waals surface area contributed by atoms with Crippen LogP contribution in [-0.4, -0.2) is 52.6 Å². The van der Waals surface area contributed by atoms with Crippen LogP contribution in [0, 0.1) is 0 Å². The van der Waals surface area contributed by atoms with Gasteiger partial charge in [-0.1, -0.05) is 24.3 Å². The van der Waals surface area contributed by atoms with E-state index in [1.807, 2.05) is 13.0 Å². The summed E-state index contributed by atoms with van der Waals surface area (Å²) >= 11 is 0. The quantitative estimate of drug-likeness (QED) is 0.170. The van der Waals surface area contributed by atoms with E-state index in [0.29, 0.717) is 40.9 Å². The summed E-state index contributed by atoms with van der Waals surface area (Å²) in [6.45, 7) is 2.10. The Kier molecular flexibility index (Phi) is 9.72. The monoisotopic (exact) mass is 508 g/mol. The number of amides is 1. The van der Waals surface area contributed by atoms with Crippen LogP contribution in [0.5, 0.6) is 34.5 Å². The number of esters is 1. The highest BCUT2D eigenvalue weighted by Gasteiger charge is 2.18. The lowest BCUT2D eigenvalue weighted by molar-refractivity contribution is -0.123. The van der Waals surface area contributed by atoms with Crippen molar-refractivity contribution in [3.8, 4) is 34.5 Å². The van der Waals surface area contributed by atoms with Crippen LogP contribution in [0.4, 0.5) is 0 Å². The Morgan fingerprint density at radius 2 is 1.51 bits per heavy atom. The van der Waals surface area contributed by atoms with Crippen LogP contribution in [0.1, 0.15) is 22.8 Å². The Morgan fingerprint density at radius 3 is 2.14 bits per heavy atom. The molecule has 1 amide bonds. The predicted molar refractivity (Wildman–Crippen MR) is 136 cm³/mol. The molecule has 3 aromatic carbocycles. The molecule has 0 saturated carbocycles. The van der Waals surface area contributed by atoms with Crippen molar-refractivity contribution in [1.29, 1.82) is 0 Å². The SMILES string of the molecule is CCOc1ccccc1OCC(=O)N/N=C/c1cccc(OC(=O)c2cc(OC)c(OC)c(OC)c2)c1. The van der Waals surface area contributed by atoms with Gasteiger partial charge in [-0.3, -0.25) is 4.79 Å². The van der Waals surface area contributed by atoms with Crippen LogP contribution >= 0.6 is 0 Å². The second-order valence-corrected chi connectivity index (χ2v) is 7.34. The van der Waals surface area contributed by atoms with Gasteiger partial charge in [0.1, 0.15) is 5.75 Å². The van der Waals surface area contributed by atoms with Gasteiger partial charge in [0, 0.05) is 0 Å². The van der Waals surface area contributed by atoms with Crippen LogP contribution in [0.2, 0.25) is 0 Å². The van der Waals surface area contributed by atoms with E-state index in [-0.39, 0.29) is 17.9 Å². The molecule has 0 saturated heterocycles. The molecule has 0 heterocycles. The maximum absolute atomic E-state index is 12.7. The Bertz CT molecular complexity index is 1230. The van der Waals surface area contributed by atoms with E-state index < -0.39 is 11.9 Å². The summed E-state index contributed by atoms with van der Waals surface area (Å²) in [6.07, 6.45) is 1.42. The maximum atomic E-state index is 12.7. The first-order chi connectivity index (χ1) is 18.0. The molecule has 0 unspecified atom stereocenters. The number of methoxy groups -OCH3 is 3. The van der Waals surface area contributed by atoms with Crippen LogP contribution < -0.4 is 33.8 Å². The van der Waals surface area contributed by atoms with Gasteiger partial charge >= 0.3 is 5.97 Å². The van der Waals surface area contributed by atoms with Crippen molar-refractivity contribution in [3.05, 3.63) is 71.8 Å². The minimum Gasteiger partial charge on any atom is -0.493 e. The molecule has 1 N–H and O–H groups in total. The fraction of sp³-hybridized carbons (Fsp3) is 0.222.